The Kier molecular flexibility index (Phi) is 8.25. The number of nitrogens with one attached hydrogen (secondary N) is 2. The van der Waals surface area contributed by atoms with E-state index >= 15 is 0 Å². The predicted molar refractivity (Wildman–Crippen MR) is 131 cm³/mol. The topological polar surface area (TPSA) is 118 Å². The first-order chi connectivity index (χ1) is 16.2. The molecule has 3 N–H and O–H groups in total. The highest BCUT2D eigenvalue weighted by Crippen LogP contribution is 2.27. The summed E-state index contributed by atoms with van der Waals surface area (Å²) in [6.07, 6.45) is 0.197. The summed E-state index contributed by atoms with van der Waals surface area (Å²) < 4.78 is 5.59. The van der Waals surface area contributed by atoms with Crippen molar-refractivity contribution >= 4 is 40.7 Å². The Morgan fingerprint density at radius 1 is 1.15 bits per heavy atom. The van der Waals surface area contributed by atoms with Crippen LogP contribution in [0.2, 0.25) is 5.02 Å². The molecule has 0 aliphatic heterocycles. The monoisotopic (exact) mass is 501 g/mol. The first kappa shape index (κ1) is 25.2. The van der Waals surface area contributed by atoms with Crippen LogP contribution in [0.5, 0.6) is 5.75 Å². The van der Waals surface area contributed by atoms with E-state index in [1.54, 1.807) is 24.3 Å². The summed E-state index contributed by atoms with van der Waals surface area (Å²) >= 11 is 7.47. The number of nitrogens with zero attached hydrogens (tertiary/aromatic N) is 1. The standard InChI is InChI=1S/C24H24ClN3O5S/c1-13(2)33-20-9-8-16(11-17(20)25)21(29)27-18(22(30)26-3)10-14-4-6-15(7-5-14)23-28-19(12-34-23)24(31)32/h4-9,11-13,18H,10H2,1-3H3,(H,26,30)(H,27,29)(H,31,32). The van der Waals surface area contributed by atoms with Crippen molar-refractivity contribution in [1.82, 2.24) is 15.6 Å². The predicted octanol–water partition coefficient (Wildman–Crippen LogP) is 4.04. The number of hydrogen-bond acceptors (Lipinski definition) is 6. The highest BCUT2D eigenvalue weighted by Gasteiger charge is 2.22. The normalized spacial score (nSPS) is 11.7. The molecule has 0 bridgehead atoms. The molecule has 0 fully saturated rings. The number of carboxylic acids is 1. The molecule has 2 amide bonds. The molecule has 3 rings (SSSR count). The van der Waals surface area contributed by atoms with Crippen molar-refractivity contribution in [2.45, 2.75) is 32.4 Å². The van der Waals surface area contributed by atoms with Gasteiger partial charge >= 0.3 is 5.97 Å². The third kappa shape index (κ3) is 6.33. The first-order valence-corrected chi connectivity index (χ1v) is 11.7. The lowest BCUT2D eigenvalue weighted by atomic mass is 10.0. The first-order valence-electron chi connectivity index (χ1n) is 10.4. The molecule has 0 saturated carbocycles. The molecule has 1 atom stereocenters. The van der Waals surface area contributed by atoms with Gasteiger partial charge in [0.25, 0.3) is 5.91 Å². The molecule has 1 heterocycles. The molecule has 3 aromatic rings. The molecule has 0 aliphatic carbocycles. The zero-order valence-corrected chi connectivity index (χ0v) is 20.4. The zero-order valence-electron chi connectivity index (χ0n) is 18.8. The Labute approximate surface area is 205 Å². The number of amides is 2. The maximum Gasteiger partial charge on any atom is 0.355 e. The van der Waals surface area contributed by atoms with Gasteiger partial charge in [-0.15, -0.1) is 11.3 Å². The number of ether oxygens (including phenoxy) is 1. The van der Waals surface area contributed by atoms with Crippen molar-refractivity contribution in [2.24, 2.45) is 0 Å². The van der Waals surface area contributed by atoms with Gasteiger partial charge in [0.05, 0.1) is 11.1 Å². The summed E-state index contributed by atoms with van der Waals surface area (Å²) in [4.78, 5) is 40.4. The van der Waals surface area contributed by atoms with Gasteiger partial charge in [-0.1, -0.05) is 35.9 Å². The van der Waals surface area contributed by atoms with Crippen LogP contribution in [-0.4, -0.2) is 47.1 Å². The van der Waals surface area contributed by atoms with Gasteiger partial charge in [0.1, 0.15) is 16.8 Å². The number of carboxylic acid groups (broad SMARTS) is 1. The van der Waals surface area contributed by atoms with E-state index in [2.05, 4.69) is 15.6 Å². The summed E-state index contributed by atoms with van der Waals surface area (Å²) in [7, 11) is 1.50. The van der Waals surface area contributed by atoms with Gasteiger partial charge in [0, 0.05) is 30.0 Å². The Morgan fingerprint density at radius 3 is 2.41 bits per heavy atom. The molecule has 0 saturated heterocycles. The summed E-state index contributed by atoms with van der Waals surface area (Å²) in [6.45, 7) is 3.75. The minimum absolute atomic E-state index is 0.00428. The molecule has 2 aromatic carbocycles. The lowest BCUT2D eigenvalue weighted by Crippen LogP contribution is -2.47. The number of aromatic nitrogens is 1. The number of carbonyl (C=O) groups excluding carboxylic acids is 2. The quantitative estimate of drug-likeness (QED) is 0.407. The second-order valence-corrected chi connectivity index (χ2v) is 8.96. The Hall–Kier alpha value is -3.43. The largest absolute Gasteiger partial charge is 0.489 e. The fraction of sp³-hybridized carbons (Fsp3) is 0.250. The van der Waals surface area contributed by atoms with Crippen LogP contribution in [-0.2, 0) is 11.2 Å². The molecule has 8 nitrogen and oxygen atoms in total. The molecule has 1 aromatic heterocycles. The number of benzene rings is 2. The lowest BCUT2D eigenvalue weighted by Gasteiger charge is -2.18. The van der Waals surface area contributed by atoms with E-state index in [1.807, 2.05) is 26.0 Å². The SMILES string of the molecule is CNC(=O)C(Cc1ccc(-c2nc(C(=O)O)cs2)cc1)NC(=O)c1ccc(OC(C)C)c(Cl)c1. The van der Waals surface area contributed by atoms with E-state index in [0.717, 1.165) is 11.1 Å². The van der Waals surface area contributed by atoms with Gasteiger partial charge in [-0.25, -0.2) is 9.78 Å². The second kappa shape index (κ2) is 11.1. The smallest absolute Gasteiger partial charge is 0.355 e. The van der Waals surface area contributed by atoms with E-state index in [0.29, 0.717) is 21.3 Å². The van der Waals surface area contributed by atoms with Crippen LogP contribution >= 0.6 is 22.9 Å². The Balaban J connectivity index is 1.72. The number of halogens is 1. The average Bonchev–Trinajstić information content (AvgIpc) is 3.30. The van der Waals surface area contributed by atoms with E-state index in [9.17, 15) is 14.4 Å². The molecule has 10 heteroatoms. The van der Waals surface area contributed by atoms with Gasteiger partial charge in [0.15, 0.2) is 5.69 Å². The zero-order chi connectivity index (χ0) is 24.8. The third-order valence-electron chi connectivity index (χ3n) is 4.79. The van der Waals surface area contributed by atoms with Crippen LogP contribution in [0.1, 0.15) is 40.3 Å². The molecule has 178 valence electrons. The summed E-state index contributed by atoms with van der Waals surface area (Å²) in [5, 5.41) is 16.7. The van der Waals surface area contributed by atoms with Crippen LogP contribution < -0.4 is 15.4 Å². The molecule has 1 unspecified atom stereocenters. The average molecular weight is 502 g/mol. The van der Waals surface area contributed by atoms with Gasteiger partial charge in [-0.05, 0) is 37.6 Å². The minimum atomic E-state index is -1.08. The van der Waals surface area contributed by atoms with E-state index in [4.69, 9.17) is 21.4 Å². The van der Waals surface area contributed by atoms with Crippen molar-refractivity contribution in [3.05, 3.63) is 69.7 Å². The van der Waals surface area contributed by atoms with Crippen LogP contribution in [0, 0.1) is 0 Å². The van der Waals surface area contributed by atoms with Crippen molar-refractivity contribution in [1.29, 1.82) is 0 Å². The van der Waals surface area contributed by atoms with Crippen LogP contribution in [0.15, 0.2) is 47.8 Å². The highest BCUT2D eigenvalue weighted by atomic mass is 35.5. The third-order valence-corrected chi connectivity index (χ3v) is 5.98. The lowest BCUT2D eigenvalue weighted by molar-refractivity contribution is -0.122. The van der Waals surface area contributed by atoms with Gasteiger partial charge in [-0.3, -0.25) is 9.59 Å². The summed E-state index contributed by atoms with van der Waals surface area (Å²) in [5.74, 6) is -1.37. The maximum absolute atomic E-state index is 12.8. The molecule has 0 aliphatic rings. The molecule has 34 heavy (non-hydrogen) atoms. The van der Waals surface area contributed by atoms with Crippen LogP contribution in [0.25, 0.3) is 10.6 Å². The number of aromatic carboxylic acids is 1. The Bertz CT molecular complexity index is 1190. The fourth-order valence-electron chi connectivity index (χ4n) is 3.14. The minimum Gasteiger partial charge on any atom is -0.489 e. The fourth-order valence-corrected chi connectivity index (χ4v) is 4.17. The van der Waals surface area contributed by atoms with Crippen molar-refractivity contribution in [3.8, 4) is 16.3 Å². The highest BCUT2D eigenvalue weighted by molar-refractivity contribution is 7.13. The molecular formula is C24H24ClN3O5S. The number of carbonyl (C=O) groups is 3. The van der Waals surface area contributed by atoms with Gasteiger partial charge < -0.3 is 20.5 Å². The summed E-state index contributed by atoms with van der Waals surface area (Å²) in [5.41, 5.74) is 1.88. The van der Waals surface area contributed by atoms with Crippen molar-refractivity contribution in [2.75, 3.05) is 7.05 Å². The van der Waals surface area contributed by atoms with Gasteiger partial charge in [-0.2, -0.15) is 0 Å². The molecular weight excluding hydrogens is 478 g/mol. The number of thiazole rings is 1. The van der Waals surface area contributed by atoms with E-state index in [1.165, 1.54) is 29.8 Å². The van der Waals surface area contributed by atoms with Crippen LogP contribution in [0.3, 0.4) is 0 Å². The number of likely N-dealkylation sites (N-methyl/N-ethyl adjacent to an activating group) is 1. The van der Waals surface area contributed by atoms with Crippen molar-refractivity contribution < 1.29 is 24.2 Å². The Morgan fingerprint density at radius 2 is 1.85 bits per heavy atom. The van der Waals surface area contributed by atoms with Crippen molar-refractivity contribution in [3.63, 3.8) is 0 Å². The van der Waals surface area contributed by atoms with E-state index < -0.39 is 17.9 Å². The second-order valence-electron chi connectivity index (χ2n) is 7.70. The number of hydrogen-bond donors (Lipinski definition) is 3. The van der Waals surface area contributed by atoms with Gasteiger partial charge in [0.2, 0.25) is 5.91 Å². The van der Waals surface area contributed by atoms with E-state index in [-0.39, 0.29) is 24.1 Å². The van der Waals surface area contributed by atoms with Crippen LogP contribution in [0.4, 0.5) is 0 Å². The molecule has 0 spiro atoms. The maximum atomic E-state index is 12.8. The molecule has 0 radical (unpaired) electrons. The summed E-state index contributed by atoms with van der Waals surface area (Å²) in [6, 6.07) is 11.1. The number of rotatable bonds is 9.